The number of hydrogen-bond donors (Lipinski definition) is 2. The quantitative estimate of drug-likeness (QED) is 0.851. The summed E-state index contributed by atoms with van der Waals surface area (Å²) in [5.74, 6) is -1.41. The molecule has 1 unspecified atom stereocenters. The molecule has 8 heteroatoms. The fourth-order valence-corrected chi connectivity index (χ4v) is 3.49. The van der Waals surface area contributed by atoms with Gasteiger partial charge in [-0.3, -0.25) is 9.59 Å². The Morgan fingerprint density at radius 2 is 2.09 bits per heavy atom. The first-order chi connectivity index (χ1) is 10.3. The van der Waals surface area contributed by atoms with Gasteiger partial charge in [-0.15, -0.1) is 0 Å². The smallest absolute Gasteiger partial charge is 0.261 e. The number of aromatic amines is 1. The maximum Gasteiger partial charge on any atom is 0.261 e. The molecule has 22 heavy (non-hydrogen) atoms. The molecule has 1 aliphatic heterocycles. The number of aromatic nitrogens is 1. The number of carbonyl (C=O) groups is 1. The van der Waals surface area contributed by atoms with Crippen molar-refractivity contribution < 1.29 is 17.6 Å². The molecule has 6 nitrogen and oxygen atoms in total. The molecule has 0 bridgehead atoms. The lowest BCUT2D eigenvalue weighted by Crippen LogP contribution is -2.38. The first-order valence-electron chi connectivity index (χ1n) is 6.38. The molecule has 1 aromatic heterocycles. The highest BCUT2D eigenvalue weighted by Gasteiger charge is 2.24. The minimum atomic E-state index is -3.30. The van der Waals surface area contributed by atoms with Crippen molar-refractivity contribution in [2.24, 2.45) is 0 Å². The number of pyridine rings is 1. The molecule has 114 valence electrons. The molecule has 0 saturated heterocycles. The van der Waals surface area contributed by atoms with Gasteiger partial charge in [0.05, 0.1) is 17.3 Å². The van der Waals surface area contributed by atoms with Crippen LogP contribution in [0.5, 0.6) is 0 Å². The highest BCUT2D eigenvalue weighted by atomic mass is 32.2. The van der Waals surface area contributed by atoms with Gasteiger partial charge in [-0.05, 0) is 35.7 Å². The third-order valence-corrected chi connectivity index (χ3v) is 4.69. The van der Waals surface area contributed by atoms with Gasteiger partial charge in [0.25, 0.3) is 11.5 Å². The molecule has 2 N–H and O–H groups in total. The molecule has 1 aliphatic rings. The van der Waals surface area contributed by atoms with Crippen LogP contribution in [0.3, 0.4) is 0 Å². The summed E-state index contributed by atoms with van der Waals surface area (Å²) in [6.45, 7) is 0. The van der Waals surface area contributed by atoms with E-state index in [0.29, 0.717) is 5.39 Å². The molecule has 2 heterocycles. The maximum absolute atomic E-state index is 13.1. The van der Waals surface area contributed by atoms with E-state index >= 15 is 0 Å². The number of nitrogens with one attached hydrogen (secondary N) is 2. The van der Waals surface area contributed by atoms with Gasteiger partial charge in [-0.1, -0.05) is 0 Å². The molecule has 1 atom stereocenters. The lowest BCUT2D eigenvalue weighted by atomic mass is 10.1. The zero-order chi connectivity index (χ0) is 15.9. The largest absolute Gasteiger partial charge is 0.345 e. The molecule has 0 spiro atoms. The minimum Gasteiger partial charge on any atom is -0.345 e. The molecule has 1 aromatic carbocycles. The second-order valence-electron chi connectivity index (χ2n) is 4.98. The van der Waals surface area contributed by atoms with E-state index in [0.717, 1.165) is 11.5 Å². The van der Waals surface area contributed by atoms with Crippen LogP contribution < -0.4 is 10.9 Å². The molecule has 0 aliphatic carbocycles. The van der Waals surface area contributed by atoms with E-state index in [9.17, 15) is 22.4 Å². The zero-order valence-corrected chi connectivity index (χ0v) is 12.0. The van der Waals surface area contributed by atoms with Gasteiger partial charge in [0, 0.05) is 5.41 Å². The van der Waals surface area contributed by atoms with Crippen LogP contribution in [0, 0.1) is 5.82 Å². The summed E-state index contributed by atoms with van der Waals surface area (Å²) in [5.41, 5.74) is -0.540. The molecular formula is C14H11FN2O4S. The van der Waals surface area contributed by atoms with Gasteiger partial charge < -0.3 is 10.3 Å². The number of benzene rings is 1. The summed E-state index contributed by atoms with van der Waals surface area (Å²) < 4.78 is 35.7. The zero-order valence-electron chi connectivity index (χ0n) is 11.2. The first-order valence-corrected chi connectivity index (χ1v) is 8.10. The monoisotopic (exact) mass is 322 g/mol. The number of H-pyrrole nitrogens is 1. The summed E-state index contributed by atoms with van der Waals surface area (Å²) in [6.07, 6.45) is 1.36. The summed E-state index contributed by atoms with van der Waals surface area (Å²) in [4.78, 5) is 26.4. The Labute approximate surface area is 124 Å². The van der Waals surface area contributed by atoms with Crippen LogP contribution in [0.2, 0.25) is 0 Å². The van der Waals surface area contributed by atoms with Crippen LogP contribution in [0.1, 0.15) is 10.4 Å². The van der Waals surface area contributed by atoms with Crippen LogP contribution in [0.15, 0.2) is 40.5 Å². The van der Waals surface area contributed by atoms with Crippen molar-refractivity contribution in [1.82, 2.24) is 10.3 Å². The first kappa shape index (κ1) is 14.5. The third kappa shape index (κ3) is 2.77. The van der Waals surface area contributed by atoms with E-state index in [4.69, 9.17) is 0 Å². The standard InChI is InChI=1S/C14H11FN2O4S/c15-9-2-1-8-5-11(14(19)17-12(8)6-9)13(18)16-10-3-4-22(20,21)7-10/h1-6,10H,7H2,(H,16,18)(H,17,19). The predicted octanol–water partition coefficient (Wildman–Crippen LogP) is 0.708. The predicted molar refractivity (Wildman–Crippen MR) is 78.7 cm³/mol. The summed E-state index contributed by atoms with van der Waals surface area (Å²) in [7, 11) is -3.30. The highest BCUT2D eigenvalue weighted by Crippen LogP contribution is 2.13. The molecule has 0 saturated carbocycles. The Morgan fingerprint density at radius 3 is 2.77 bits per heavy atom. The summed E-state index contributed by atoms with van der Waals surface area (Å²) >= 11 is 0. The van der Waals surface area contributed by atoms with Crippen molar-refractivity contribution in [3.05, 3.63) is 57.5 Å². The number of amides is 1. The Balaban J connectivity index is 1.91. The van der Waals surface area contributed by atoms with Crippen molar-refractivity contribution in [3.8, 4) is 0 Å². The third-order valence-electron chi connectivity index (χ3n) is 3.30. The summed E-state index contributed by atoms with van der Waals surface area (Å²) in [5, 5.41) is 4.00. The molecule has 3 rings (SSSR count). The second-order valence-corrected chi connectivity index (χ2v) is 6.91. The van der Waals surface area contributed by atoms with Crippen LogP contribution in [0.4, 0.5) is 4.39 Å². The number of fused-ring (bicyclic) bond motifs is 1. The van der Waals surface area contributed by atoms with Crippen molar-refractivity contribution in [3.63, 3.8) is 0 Å². The van der Waals surface area contributed by atoms with Crippen LogP contribution >= 0.6 is 0 Å². The Bertz CT molecular complexity index is 962. The van der Waals surface area contributed by atoms with E-state index in [1.54, 1.807) is 0 Å². The normalized spacial score (nSPS) is 19.4. The van der Waals surface area contributed by atoms with Crippen LogP contribution in [0.25, 0.3) is 10.9 Å². The lowest BCUT2D eigenvalue weighted by Gasteiger charge is -2.10. The average Bonchev–Trinajstić information content (AvgIpc) is 2.76. The molecule has 0 radical (unpaired) electrons. The molecular weight excluding hydrogens is 311 g/mol. The van der Waals surface area contributed by atoms with Gasteiger partial charge >= 0.3 is 0 Å². The van der Waals surface area contributed by atoms with Gasteiger partial charge in [-0.2, -0.15) is 0 Å². The SMILES string of the molecule is O=C(NC1C=CS(=O)(=O)C1)c1cc2ccc(F)cc2[nH]c1=O. The molecule has 2 aromatic rings. The van der Waals surface area contributed by atoms with Crippen molar-refractivity contribution in [1.29, 1.82) is 0 Å². The highest BCUT2D eigenvalue weighted by molar-refractivity contribution is 7.94. The number of rotatable bonds is 2. The summed E-state index contributed by atoms with van der Waals surface area (Å²) in [6, 6.07) is 4.49. The van der Waals surface area contributed by atoms with Gasteiger partial charge in [-0.25, -0.2) is 12.8 Å². The maximum atomic E-state index is 13.1. The van der Waals surface area contributed by atoms with E-state index in [1.165, 1.54) is 24.3 Å². The van der Waals surface area contributed by atoms with E-state index in [2.05, 4.69) is 10.3 Å². The second kappa shape index (κ2) is 5.06. The Kier molecular flexibility index (Phi) is 3.32. The fourth-order valence-electron chi connectivity index (χ4n) is 2.25. The lowest BCUT2D eigenvalue weighted by molar-refractivity contribution is 0.0946. The number of hydrogen-bond acceptors (Lipinski definition) is 4. The van der Waals surface area contributed by atoms with E-state index in [-0.39, 0.29) is 16.8 Å². The topological polar surface area (TPSA) is 96.1 Å². The molecule has 0 fully saturated rings. The number of sulfone groups is 1. The van der Waals surface area contributed by atoms with Crippen LogP contribution in [-0.4, -0.2) is 31.1 Å². The fraction of sp³-hybridized carbons (Fsp3) is 0.143. The van der Waals surface area contributed by atoms with Crippen molar-refractivity contribution in [2.45, 2.75) is 6.04 Å². The van der Waals surface area contributed by atoms with E-state index < -0.39 is 33.2 Å². The Morgan fingerprint density at radius 1 is 1.32 bits per heavy atom. The Hall–Kier alpha value is -2.48. The van der Waals surface area contributed by atoms with Crippen molar-refractivity contribution >= 4 is 26.6 Å². The molecule has 1 amide bonds. The van der Waals surface area contributed by atoms with Crippen molar-refractivity contribution in [2.75, 3.05) is 5.75 Å². The van der Waals surface area contributed by atoms with Gasteiger partial charge in [0.1, 0.15) is 11.4 Å². The van der Waals surface area contributed by atoms with Gasteiger partial charge in [0.2, 0.25) is 0 Å². The van der Waals surface area contributed by atoms with Gasteiger partial charge in [0.15, 0.2) is 9.84 Å². The number of halogens is 1. The minimum absolute atomic E-state index is 0.156. The average molecular weight is 322 g/mol. The number of carbonyl (C=O) groups excluding carboxylic acids is 1. The van der Waals surface area contributed by atoms with Crippen LogP contribution in [-0.2, 0) is 9.84 Å². The van der Waals surface area contributed by atoms with E-state index in [1.807, 2.05) is 0 Å².